The van der Waals surface area contributed by atoms with E-state index in [-0.39, 0.29) is 5.54 Å². The van der Waals surface area contributed by atoms with E-state index >= 15 is 0 Å². The number of ether oxygens (including phenoxy) is 2. The van der Waals surface area contributed by atoms with Gasteiger partial charge in [0.1, 0.15) is 0 Å². The van der Waals surface area contributed by atoms with Gasteiger partial charge in [-0.3, -0.25) is 9.80 Å². The summed E-state index contributed by atoms with van der Waals surface area (Å²) in [6.45, 7) is 26.7. The van der Waals surface area contributed by atoms with Crippen molar-refractivity contribution in [3.63, 3.8) is 0 Å². The third-order valence-electron chi connectivity index (χ3n) is 5.32. The summed E-state index contributed by atoms with van der Waals surface area (Å²) >= 11 is 0. The summed E-state index contributed by atoms with van der Waals surface area (Å²) in [7, 11) is 0. The van der Waals surface area contributed by atoms with E-state index in [2.05, 4.69) is 62.0 Å². The second-order valence-electron chi connectivity index (χ2n) is 11.1. The summed E-state index contributed by atoms with van der Waals surface area (Å²) in [5, 5.41) is 6.91. The molecule has 0 aromatic carbocycles. The molecule has 0 saturated carbocycles. The second kappa shape index (κ2) is 10.7. The van der Waals surface area contributed by atoms with E-state index < -0.39 is 0 Å². The Morgan fingerprint density at radius 2 is 1.25 bits per heavy atom. The molecule has 28 heavy (non-hydrogen) atoms. The monoisotopic (exact) mass is 398 g/mol. The number of rotatable bonds is 13. The summed E-state index contributed by atoms with van der Waals surface area (Å²) in [6, 6.07) is 0. The van der Waals surface area contributed by atoms with Crippen molar-refractivity contribution >= 4 is 0 Å². The molecule has 0 bridgehead atoms. The van der Waals surface area contributed by atoms with E-state index in [9.17, 15) is 0 Å². The zero-order valence-corrected chi connectivity index (χ0v) is 19.4. The van der Waals surface area contributed by atoms with Gasteiger partial charge in [0.25, 0.3) is 0 Å². The van der Waals surface area contributed by atoms with Crippen molar-refractivity contribution in [1.29, 1.82) is 0 Å². The Balaban J connectivity index is 1.36. The molecule has 166 valence electrons. The van der Waals surface area contributed by atoms with Gasteiger partial charge in [-0.2, -0.15) is 0 Å². The van der Waals surface area contributed by atoms with Gasteiger partial charge in [0.15, 0.2) is 0 Å². The van der Waals surface area contributed by atoms with E-state index in [1.807, 2.05) is 0 Å². The summed E-state index contributed by atoms with van der Waals surface area (Å²) in [5.74, 6) is 0. The fraction of sp³-hybridized carbons (Fsp3) is 1.00. The Hall–Kier alpha value is -0.240. The first-order chi connectivity index (χ1) is 13.1. The predicted octanol–water partition coefficient (Wildman–Crippen LogP) is 1.66. The second-order valence-corrected chi connectivity index (χ2v) is 11.1. The predicted molar refractivity (Wildman–Crippen MR) is 117 cm³/mol. The molecule has 2 fully saturated rings. The van der Waals surface area contributed by atoms with Crippen LogP contribution in [0.4, 0.5) is 0 Å². The van der Waals surface area contributed by atoms with Gasteiger partial charge < -0.3 is 20.1 Å². The summed E-state index contributed by atoms with van der Waals surface area (Å²) < 4.78 is 11.5. The Morgan fingerprint density at radius 3 is 1.71 bits per heavy atom. The van der Waals surface area contributed by atoms with Gasteiger partial charge in [0, 0.05) is 69.9 Å². The maximum Gasteiger partial charge on any atom is 0.0594 e. The Kier molecular flexibility index (Phi) is 9.17. The largest absolute Gasteiger partial charge is 0.379 e. The lowest BCUT2D eigenvalue weighted by Crippen LogP contribution is -2.72. The molecule has 2 saturated heterocycles. The molecule has 0 amide bonds. The highest BCUT2D eigenvalue weighted by Crippen LogP contribution is 2.38. The first-order valence-electron chi connectivity index (χ1n) is 11.1. The Morgan fingerprint density at radius 1 is 0.750 bits per heavy atom. The van der Waals surface area contributed by atoms with Crippen LogP contribution in [0.5, 0.6) is 0 Å². The molecule has 2 rings (SSSR count). The van der Waals surface area contributed by atoms with Crippen LogP contribution in [0.3, 0.4) is 0 Å². The van der Waals surface area contributed by atoms with Crippen molar-refractivity contribution in [1.82, 2.24) is 20.4 Å². The lowest BCUT2D eigenvalue weighted by molar-refractivity contribution is -0.123. The molecule has 0 aromatic rings. The smallest absolute Gasteiger partial charge is 0.0594 e. The molecular weight excluding hydrogens is 352 g/mol. The molecule has 2 heterocycles. The molecule has 6 heteroatoms. The lowest BCUT2D eigenvalue weighted by Gasteiger charge is -2.60. The topological polar surface area (TPSA) is 49.0 Å². The molecule has 0 atom stereocenters. The van der Waals surface area contributed by atoms with E-state index in [4.69, 9.17) is 9.47 Å². The third-order valence-corrected chi connectivity index (χ3v) is 5.32. The van der Waals surface area contributed by atoms with Crippen LogP contribution in [0.2, 0.25) is 0 Å². The van der Waals surface area contributed by atoms with E-state index in [1.165, 1.54) is 26.2 Å². The van der Waals surface area contributed by atoms with Crippen LogP contribution in [-0.2, 0) is 9.47 Å². The molecule has 0 radical (unpaired) electrons. The molecule has 2 aliphatic rings. The van der Waals surface area contributed by atoms with Crippen molar-refractivity contribution in [2.75, 3.05) is 85.3 Å². The van der Waals surface area contributed by atoms with Crippen LogP contribution < -0.4 is 10.6 Å². The number of likely N-dealkylation sites (tertiary alicyclic amines) is 2. The highest BCUT2D eigenvalue weighted by Gasteiger charge is 2.50. The quantitative estimate of drug-likeness (QED) is 0.460. The van der Waals surface area contributed by atoms with Crippen molar-refractivity contribution < 1.29 is 9.47 Å². The van der Waals surface area contributed by atoms with Gasteiger partial charge in [0.05, 0.1) is 26.4 Å². The van der Waals surface area contributed by atoms with Crippen LogP contribution in [-0.4, -0.2) is 101 Å². The molecule has 0 aliphatic carbocycles. The lowest BCUT2D eigenvalue weighted by atomic mass is 9.73. The van der Waals surface area contributed by atoms with Gasteiger partial charge in [-0.25, -0.2) is 0 Å². The highest BCUT2D eigenvalue weighted by atomic mass is 16.5. The molecule has 0 aromatic heterocycles. The van der Waals surface area contributed by atoms with Crippen LogP contribution in [0.1, 0.15) is 41.5 Å². The van der Waals surface area contributed by atoms with Gasteiger partial charge in [-0.1, -0.05) is 20.8 Å². The normalized spacial score (nSPS) is 20.4. The van der Waals surface area contributed by atoms with Crippen molar-refractivity contribution in [2.45, 2.75) is 47.1 Å². The van der Waals surface area contributed by atoms with Gasteiger partial charge >= 0.3 is 0 Å². The zero-order chi connectivity index (χ0) is 20.7. The van der Waals surface area contributed by atoms with Gasteiger partial charge in [0.2, 0.25) is 0 Å². The van der Waals surface area contributed by atoms with E-state index in [1.54, 1.807) is 0 Å². The Labute approximate surface area is 173 Å². The number of nitrogens with one attached hydrogen (secondary N) is 2. The number of hydrogen-bond donors (Lipinski definition) is 2. The van der Waals surface area contributed by atoms with Gasteiger partial charge in [-0.15, -0.1) is 0 Å². The van der Waals surface area contributed by atoms with Crippen LogP contribution >= 0.6 is 0 Å². The molecule has 1 spiro atoms. The summed E-state index contributed by atoms with van der Waals surface area (Å²) in [5.41, 5.74) is 1.09. The minimum Gasteiger partial charge on any atom is -0.379 e. The van der Waals surface area contributed by atoms with Gasteiger partial charge in [-0.05, 0) is 26.2 Å². The zero-order valence-electron chi connectivity index (χ0n) is 19.4. The average molecular weight is 399 g/mol. The molecule has 0 unspecified atom stereocenters. The average Bonchev–Trinajstić information content (AvgIpc) is 2.49. The first kappa shape index (κ1) is 24.0. The first-order valence-corrected chi connectivity index (χ1v) is 11.1. The van der Waals surface area contributed by atoms with E-state index in [0.717, 1.165) is 59.2 Å². The van der Waals surface area contributed by atoms with Crippen molar-refractivity contribution in [3.05, 3.63) is 0 Å². The standard InChI is InChI=1S/C22H46N4O2/c1-20(2,3)15-23-7-11-27-13-9-25-16-22(17-25)18-26(19-22)10-14-28-12-8-24-21(4,5)6/h23-24H,7-19H2,1-6H3. The van der Waals surface area contributed by atoms with Crippen molar-refractivity contribution in [2.24, 2.45) is 10.8 Å². The minimum absolute atomic E-state index is 0.178. The van der Waals surface area contributed by atoms with Crippen LogP contribution in [0, 0.1) is 10.8 Å². The molecule has 2 aliphatic heterocycles. The molecular formula is C22H46N4O2. The summed E-state index contributed by atoms with van der Waals surface area (Å²) in [6.07, 6.45) is 0. The maximum atomic E-state index is 5.77. The minimum atomic E-state index is 0.178. The third kappa shape index (κ3) is 9.51. The number of nitrogens with zero attached hydrogens (tertiary/aromatic N) is 2. The Bertz CT molecular complexity index is 431. The van der Waals surface area contributed by atoms with E-state index in [0.29, 0.717) is 10.8 Å². The maximum absolute atomic E-state index is 5.77. The molecule has 6 nitrogen and oxygen atoms in total. The fourth-order valence-electron chi connectivity index (χ4n) is 4.02. The van der Waals surface area contributed by atoms with Crippen LogP contribution in [0.15, 0.2) is 0 Å². The molecule has 2 N–H and O–H groups in total. The highest BCUT2D eigenvalue weighted by molar-refractivity contribution is 5.05. The SMILES string of the molecule is CC(C)(C)CNCCOCCN1CC2(C1)CN(CCOCCNC(C)(C)C)C2. The summed E-state index contributed by atoms with van der Waals surface area (Å²) in [4.78, 5) is 5.07. The van der Waals surface area contributed by atoms with Crippen molar-refractivity contribution in [3.8, 4) is 0 Å². The number of hydrogen-bond acceptors (Lipinski definition) is 6. The van der Waals surface area contributed by atoms with Crippen LogP contribution in [0.25, 0.3) is 0 Å². The fourth-order valence-corrected chi connectivity index (χ4v) is 4.02.